The fourth-order valence-electron chi connectivity index (χ4n) is 4.62. The van der Waals surface area contributed by atoms with Gasteiger partial charge in [0.05, 0.1) is 0 Å². The summed E-state index contributed by atoms with van der Waals surface area (Å²) >= 11 is 1.77. The maximum Gasteiger partial charge on any atom is 0.223 e. The Bertz CT molecular complexity index is 910. The Labute approximate surface area is 189 Å². The molecule has 2 aromatic rings. The number of benzene rings is 1. The van der Waals surface area contributed by atoms with E-state index in [0.29, 0.717) is 19.1 Å². The lowest BCUT2D eigenvalue weighted by Crippen LogP contribution is -2.37. The largest absolute Gasteiger partial charge is 0.352 e. The van der Waals surface area contributed by atoms with Crippen LogP contribution in [0.5, 0.6) is 0 Å². The minimum absolute atomic E-state index is 0.0530. The first-order chi connectivity index (χ1) is 15.1. The number of hydrogen-bond acceptors (Lipinski definition) is 4. The molecule has 166 valence electrons. The number of hydrogen-bond donors (Lipinski definition) is 1. The summed E-state index contributed by atoms with van der Waals surface area (Å²) in [6.45, 7) is 6.35. The fraction of sp³-hybridized carbons (Fsp3) is 0.520. The second-order valence-corrected chi connectivity index (χ2v) is 9.80. The van der Waals surface area contributed by atoms with Crippen LogP contribution in [0.1, 0.15) is 60.6 Å². The Hall–Kier alpha value is -2.18. The van der Waals surface area contributed by atoms with Gasteiger partial charge in [-0.3, -0.25) is 14.5 Å². The van der Waals surface area contributed by atoms with E-state index in [1.807, 2.05) is 11.0 Å². The molecule has 1 fully saturated rings. The molecule has 1 aromatic carbocycles. The molecule has 1 aromatic heterocycles. The predicted octanol–water partition coefficient (Wildman–Crippen LogP) is 4.10. The van der Waals surface area contributed by atoms with E-state index in [-0.39, 0.29) is 24.7 Å². The summed E-state index contributed by atoms with van der Waals surface area (Å²) in [5, 5.41) is 5.12. The Kier molecular flexibility index (Phi) is 7.41. The minimum Gasteiger partial charge on any atom is -0.352 e. The fourth-order valence-corrected chi connectivity index (χ4v) is 5.51. The summed E-state index contributed by atoms with van der Waals surface area (Å²) in [5.74, 6) is 0.0224. The lowest BCUT2D eigenvalue weighted by molar-refractivity contribution is -0.134. The standard InChI is InChI=1S/C25H33N3O2S/c1-19-6-4-5-13-27(19)17-21-8-3-2-7-20(21)16-26-24(29)9-10-25(30)28-14-11-23-22(18-28)12-15-31-23/h2-3,7-8,12,15,19H,4-6,9-11,13-14,16-18H2,1H3,(H,26,29). The second-order valence-electron chi connectivity index (χ2n) is 8.80. The van der Waals surface area contributed by atoms with Crippen molar-refractivity contribution in [2.75, 3.05) is 13.1 Å². The van der Waals surface area contributed by atoms with Gasteiger partial charge in [0.25, 0.3) is 0 Å². The zero-order chi connectivity index (χ0) is 21.6. The van der Waals surface area contributed by atoms with Gasteiger partial charge < -0.3 is 10.2 Å². The molecule has 2 amide bonds. The molecule has 1 saturated heterocycles. The number of carbonyl (C=O) groups excluding carboxylic acids is 2. The molecule has 1 unspecified atom stereocenters. The molecule has 0 saturated carbocycles. The number of piperidine rings is 1. The van der Waals surface area contributed by atoms with Crippen LogP contribution in [0.4, 0.5) is 0 Å². The van der Waals surface area contributed by atoms with Crippen molar-refractivity contribution in [3.05, 3.63) is 57.3 Å². The van der Waals surface area contributed by atoms with Gasteiger partial charge in [-0.1, -0.05) is 30.7 Å². The summed E-state index contributed by atoms with van der Waals surface area (Å²) in [6.07, 6.45) is 5.30. The van der Waals surface area contributed by atoms with E-state index >= 15 is 0 Å². The summed E-state index contributed by atoms with van der Waals surface area (Å²) in [4.78, 5) is 30.8. The maximum atomic E-state index is 12.6. The molecule has 1 N–H and O–H groups in total. The average molecular weight is 440 g/mol. The number of nitrogens with one attached hydrogen (secondary N) is 1. The van der Waals surface area contributed by atoms with Crippen molar-refractivity contribution in [2.45, 2.75) is 71.1 Å². The first kappa shape index (κ1) is 22.0. The van der Waals surface area contributed by atoms with Gasteiger partial charge >= 0.3 is 0 Å². The van der Waals surface area contributed by atoms with Gasteiger partial charge in [0.2, 0.25) is 11.8 Å². The van der Waals surface area contributed by atoms with Crippen molar-refractivity contribution in [3.8, 4) is 0 Å². The van der Waals surface area contributed by atoms with Gasteiger partial charge in [0.1, 0.15) is 0 Å². The van der Waals surface area contributed by atoms with Gasteiger partial charge in [-0.2, -0.15) is 0 Å². The van der Waals surface area contributed by atoms with Crippen LogP contribution in [0, 0.1) is 0 Å². The van der Waals surface area contributed by atoms with E-state index in [1.165, 1.54) is 40.8 Å². The molecule has 0 spiro atoms. The smallest absolute Gasteiger partial charge is 0.223 e. The van der Waals surface area contributed by atoms with Gasteiger partial charge in [0, 0.05) is 49.9 Å². The third kappa shape index (κ3) is 5.74. The molecule has 3 heterocycles. The molecule has 5 nitrogen and oxygen atoms in total. The van der Waals surface area contributed by atoms with Crippen LogP contribution in [0.25, 0.3) is 0 Å². The minimum atomic E-state index is -0.0530. The number of thiophene rings is 1. The zero-order valence-corrected chi connectivity index (χ0v) is 19.3. The predicted molar refractivity (Wildman–Crippen MR) is 125 cm³/mol. The Balaban J connectivity index is 1.24. The van der Waals surface area contributed by atoms with Crippen molar-refractivity contribution in [1.29, 1.82) is 0 Å². The van der Waals surface area contributed by atoms with Crippen LogP contribution in [-0.4, -0.2) is 40.7 Å². The molecule has 0 aliphatic carbocycles. The third-order valence-corrected chi connectivity index (χ3v) is 7.66. The van der Waals surface area contributed by atoms with Crippen molar-refractivity contribution in [3.63, 3.8) is 0 Å². The first-order valence-electron chi connectivity index (χ1n) is 11.5. The first-order valence-corrected chi connectivity index (χ1v) is 12.4. The molecular formula is C25H33N3O2S. The lowest BCUT2D eigenvalue weighted by Gasteiger charge is -2.33. The highest BCUT2D eigenvalue weighted by Crippen LogP contribution is 2.24. The highest BCUT2D eigenvalue weighted by Gasteiger charge is 2.22. The van der Waals surface area contributed by atoms with Crippen LogP contribution in [0.15, 0.2) is 35.7 Å². The van der Waals surface area contributed by atoms with Gasteiger partial charge in [-0.15, -0.1) is 11.3 Å². The van der Waals surface area contributed by atoms with Crippen molar-refractivity contribution in [2.24, 2.45) is 0 Å². The number of amides is 2. The van der Waals surface area contributed by atoms with Crippen LogP contribution in [0.3, 0.4) is 0 Å². The molecule has 0 bridgehead atoms. The number of carbonyl (C=O) groups is 2. The lowest BCUT2D eigenvalue weighted by atomic mass is 10.0. The Morgan fingerprint density at radius 3 is 2.77 bits per heavy atom. The summed E-state index contributed by atoms with van der Waals surface area (Å²) in [5.41, 5.74) is 3.71. The van der Waals surface area contributed by atoms with E-state index in [4.69, 9.17) is 0 Å². The number of likely N-dealkylation sites (tertiary alicyclic amines) is 1. The molecule has 2 aliphatic rings. The number of nitrogens with zero attached hydrogens (tertiary/aromatic N) is 2. The molecule has 1 atom stereocenters. The molecule has 4 rings (SSSR count). The van der Waals surface area contributed by atoms with Crippen LogP contribution >= 0.6 is 11.3 Å². The summed E-state index contributed by atoms with van der Waals surface area (Å²) in [7, 11) is 0. The summed E-state index contributed by atoms with van der Waals surface area (Å²) in [6, 6.07) is 11.1. The van der Waals surface area contributed by atoms with Crippen molar-refractivity contribution >= 4 is 23.2 Å². The zero-order valence-electron chi connectivity index (χ0n) is 18.4. The van der Waals surface area contributed by atoms with Crippen molar-refractivity contribution < 1.29 is 9.59 Å². The van der Waals surface area contributed by atoms with Crippen LogP contribution in [-0.2, 0) is 35.6 Å². The monoisotopic (exact) mass is 439 g/mol. The highest BCUT2D eigenvalue weighted by atomic mass is 32.1. The molecular weight excluding hydrogens is 406 g/mol. The molecule has 2 aliphatic heterocycles. The molecule has 31 heavy (non-hydrogen) atoms. The summed E-state index contributed by atoms with van der Waals surface area (Å²) < 4.78 is 0. The Morgan fingerprint density at radius 2 is 1.94 bits per heavy atom. The average Bonchev–Trinajstić information content (AvgIpc) is 3.26. The van der Waals surface area contributed by atoms with E-state index in [9.17, 15) is 9.59 Å². The number of rotatable bonds is 7. The molecule has 0 radical (unpaired) electrons. The van der Waals surface area contributed by atoms with Gasteiger partial charge in [-0.05, 0) is 60.9 Å². The van der Waals surface area contributed by atoms with Gasteiger partial charge in [0.15, 0.2) is 0 Å². The topological polar surface area (TPSA) is 52.7 Å². The number of fused-ring (bicyclic) bond motifs is 1. The van der Waals surface area contributed by atoms with Crippen LogP contribution < -0.4 is 5.32 Å². The van der Waals surface area contributed by atoms with E-state index in [1.54, 1.807) is 11.3 Å². The quantitative estimate of drug-likeness (QED) is 0.707. The van der Waals surface area contributed by atoms with E-state index in [2.05, 4.69) is 46.8 Å². The SMILES string of the molecule is CC1CCCCN1Cc1ccccc1CNC(=O)CCC(=O)N1CCc2sccc2C1. The Morgan fingerprint density at radius 1 is 1.10 bits per heavy atom. The normalized spacial score (nSPS) is 19.1. The third-order valence-electron chi connectivity index (χ3n) is 6.63. The molecule has 6 heteroatoms. The van der Waals surface area contributed by atoms with Gasteiger partial charge in [-0.25, -0.2) is 0 Å². The van der Waals surface area contributed by atoms with E-state index < -0.39 is 0 Å². The van der Waals surface area contributed by atoms with E-state index in [0.717, 1.165) is 26.1 Å². The maximum absolute atomic E-state index is 12.6. The highest BCUT2D eigenvalue weighted by molar-refractivity contribution is 7.10. The van der Waals surface area contributed by atoms with Crippen molar-refractivity contribution in [1.82, 2.24) is 15.1 Å². The van der Waals surface area contributed by atoms with Crippen LogP contribution in [0.2, 0.25) is 0 Å². The second kappa shape index (κ2) is 10.4.